The number of aliphatic hydroxyl groups is 1. The van der Waals surface area contributed by atoms with Crippen LogP contribution in [0.15, 0.2) is 36.5 Å². The summed E-state index contributed by atoms with van der Waals surface area (Å²) in [5.74, 6) is -0.668. The van der Waals surface area contributed by atoms with Gasteiger partial charge >= 0.3 is 6.18 Å². The van der Waals surface area contributed by atoms with Gasteiger partial charge in [0.25, 0.3) is 5.91 Å². The van der Waals surface area contributed by atoms with Crippen LogP contribution in [0.3, 0.4) is 0 Å². The third-order valence-electron chi connectivity index (χ3n) is 7.94. The minimum Gasteiger partial charge on any atom is -0.388 e. The molecule has 0 bridgehead atoms. The monoisotopic (exact) mass is 533 g/mol. The van der Waals surface area contributed by atoms with Crippen molar-refractivity contribution in [3.05, 3.63) is 64.5 Å². The lowest BCUT2D eigenvalue weighted by molar-refractivity contribution is -0.201. The molecule has 1 atom stereocenters. The molecule has 2 fully saturated rings. The number of alkyl halides is 3. The molecule has 2 aliphatic heterocycles. The number of aromatic nitrogens is 1. The minimum absolute atomic E-state index is 0.0142. The van der Waals surface area contributed by atoms with Gasteiger partial charge in [-0.3, -0.25) is 14.7 Å². The van der Waals surface area contributed by atoms with Crippen molar-refractivity contribution < 1.29 is 32.5 Å². The van der Waals surface area contributed by atoms with Crippen LogP contribution in [0.5, 0.6) is 0 Å². The Morgan fingerprint density at radius 1 is 1.16 bits per heavy atom. The van der Waals surface area contributed by atoms with E-state index in [4.69, 9.17) is 9.47 Å². The molecule has 2 N–H and O–H groups in total. The Labute approximate surface area is 220 Å². The van der Waals surface area contributed by atoms with Crippen molar-refractivity contribution in [3.63, 3.8) is 0 Å². The Balaban J connectivity index is 1.23. The number of halogens is 3. The van der Waals surface area contributed by atoms with Crippen LogP contribution in [0.2, 0.25) is 0 Å². The first kappa shape index (κ1) is 27.1. The lowest BCUT2D eigenvalue weighted by atomic mass is 9.81. The summed E-state index contributed by atoms with van der Waals surface area (Å²) >= 11 is 0. The molecule has 5 rings (SSSR count). The molecule has 1 unspecified atom stereocenters. The zero-order chi connectivity index (χ0) is 27.1. The van der Waals surface area contributed by atoms with Crippen molar-refractivity contribution in [3.8, 4) is 0 Å². The van der Waals surface area contributed by atoms with E-state index in [2.05, 4.69) is 29.0 Å². The largest absolute Gasteiger partial charge is 0.416 e. The lowest BCUT2D eigenvalue weighted by Crippen LogP contribution is -2.49. The summed E-state index contributed by atoms with van der Waals surface area (Å²) in [7, 11) is 0. The summed E-state index contributed by atoms with van der Waals surface area (Å²) in [6.07, 6.45) is -0.672. The summed E-state index contributed by atoms with van der Waals surface area (Å²) in [4.78, 5) is 19.8. The zero-order valence-electron chi connectivity index (χ0n) is 21.7. The van der Waals surface area contributed by atoms with E-state index in [0.29, 0.717) is 57.6 Å². The van der Waals surface area contributed by atoms with Gasteiger partial charge in [0.1, 0.15) is 0 Å². The Kier molecular flexibility index (Phi) is 7.28. The third-order valence-corrected chi connectivity index (χ3v) is 7.94. The van der Waals surface area contributed by atoms with Crippen molar-refractivity contribution >= 4 is 5.91 Å². The predicted octanol–water partition coefficient (Wildman–Crippen LogP) is 4.59. The Morgan fingerprint density at radius 2 is 1.82 bits per heavy atom. The number of fused-ring (bicyclic) bond motifs is 1. The number of pyridine rings is 1. The zero-order valence-corrected chi connectivity index (χ0v) is 21.7. The molecule has 1 spiro atoms. The van der Waals surface area contributed by atoms with Gasteiger partial charge in [0.05, 0.1) is 41.7 Å². The van der Waals surface area contributed by atoms with E-state index < -0.39 is 23.1 Å². The molecule has 1 aromatic heterocycles. The fraction of sp³-hybridized carbons (Fsp3) is 0.571. The number of benzene rings is 1. The molecule has 3 aliphatic rings. The van der Waals surface area contributed by atoms with E-state index in [-0.39, 0.29) is 24.4 Å². The molecule has 206 valence electrons. The van der Waals surface area contributed by atoms with Crippen LogP contribution in [-0.2, 0) is 28.7 Å². The molecule has 10 heteroatoms. The second-order valence-electron chi connectivity index (χ2n) is 11.1. The van der Waals surface area contributed by atoms with Gasteiger partial charge in [0.15, 0.2) is 5.79 Å². The number of amides is 1. The van der Waals surface area contributed by atoms with Gasteiger partial charge in [-0.05, 0) is 48.1 Å². The lowest BCUT2D eigenvalue weighted by Gasteiger charge is -2.40. The molecule has 7 nitrogen and oxygen atoms in total. The highest BCUT2D eigenvalue weighted by atomic mass is 19.4. The number of nitrogens with zero attached hydrogens (tertiary/aromatic N) is 2. The number of hydrogen-bond donors (Lipinski definition) is 2. The summed E-state index contributed by atoms with van der Waals surface area (Å²) in [5, 5.41) is 13.9. The van der Waals surface area contributed by atoms with Crippen molar-refractivity contribution in [1.29, 1.82) is 0 Å². The average molecular weight is 534 g/mol. The maximum Gasteiger partial charge on any atom is 0.416 e. The van der Waals surface area contributed by atoms with Crippen LogP contribution >= 0.6 is 0 Å². The normalized spacial score (nSPS) is 22.7. The maximum atomic E-state index is 13.0. The van der Waals surface area contributed by atoms with Crippen LogP contribution in [0, 0.1) is 5.92 Å². The van der Waals surface area contributed by atoms with E-state index >= 15 is 0 Å². The Morgan fingerprint density at radius 3 is 2.42 bits per heavy atom. The fourth-order valence-electron chi connectivity index (χ4n) is 5.86. The van der Waals surface area contributed by atoms with Gasteiger partial charge in [0.2, 0.25) is 0 Å². The van der Waals surface area contributed by atoms with Gasteiger partial charge in [-0.25, -0.2) is 0 Å². The number of carbonyl (C=O) groups is 1. The van der Waals surface area contributed by atoms with Crippen LogP contribution in [0.1, 0.15) is 78.3 Å². The summed E-state index contributed by atoms with van der Waals surface area (Å²) < 4.78 is 50.3. The molecular weight excluding hydrogens is 499 g/mol. The molecule has 3 heterocycles. The first-order valence-corrected chi connectivity index (χ1v) is 13.1. The summed E-state index contributed by atoms with van der Waals surface area (Å²) in [6, 6.07) is 7.06. The van der Waals surface area contributed by atoms with Gasteiger partial charge in [-0.1, -0.05) is 26.0 Å². The van der Waals surface area contributed by atoms with Crippen LogP contribution in [0.25, 0.3) is 0 Å². The van der Waals surface area contributed by atoms with E-state index in [1.165, 1.54) is 12.1 Å². The van der Waals surface area contributed by atoms with Gasteiger partial charge in [-0.2, -0.15) is 13.2 Å². The molecule has 2 aromatic rings. The molecule has 1 saturated carbocycles. The summed E-state index contributed by atoms with van der Waals surface area (Å²) in [6.45, 7) is 6.45. The SMILES string of the molecule is CC(C)C1c2ncc(C(=O)NCC3(O)CCC4(CC3)OCCO4)cc2CN1Cc1ccc(C(F)(F)F)cc1. The third kappa shape index (κ3) is 5.59. The number of nitrogens with one attached hydrogen (secondary N) is 1. The van der Waals surface area contributed by atoms with Crippen LogP contribution in [0.4, 0.5) is 13.2 Å². The van der Waals surface area contributed by atoms with Gasteiger partial charge < -0.3 is 19.9 Å². The highest BCUT2D eigenvalue weighted by Crippen LogP contribution is 2.41. The van der Waals surface area contributed by atoms with Crippen LogP contribution in [-0.4, -0.2) is 52.0 Å². The first-order valence-electron chi connectivity index (χ1n) is 13.1. The molecule has 0 radical (unpaired) electrons. The highest BCUT2D eigenvalue weighted by molar-refractivity contribution is 5.94. The molecule has 1 aliphatic carbocycles. The highest BCUT2D eigenvalue weighted by Gasteiger charge is 2.45. The molecule has 1 amide bonds. The van der Waals surface area contributed by atoms with E-state index in [1.54, 1.807) is 6.20 Å². The van der Waals surface area contributed by atoms with Crippen LogP contribution < -0.4 is 5.32 Å². The van der Waals surface area contributed by atoms with Crippen molar-refractivity contribution in [2.45, 2.75) is 76.2 Å². The van der Waals surface area contributed by atoms with Crippen molar-refractivity contribution in [2.75, 3.05) is 19.8 Å². The second-order valence-corrected chi connectivity index (χ2v) is 11.1. The molecular formula is C28H34F3N3O4. The first-order chi connectivity index (χ1) is 18.0. The van der Waals surface area contributed by atoms with E-state index in [9.17, 15) is 23.1 Å². The minimum atomic E-state index is -4.36. The molecule has 1 aromatic carbocycles. The number of rotatable bonds is 6. The number of carbonyl (C=O) groups excluding carboxylic acids is 1. The molecule has 38 heavy (non-hydrogen) atoms. The van der Waals surface area contributed by atoms with E-state index in [0.717, 1.165) is 29.0 Å². The predicted molar refractivity (Wildman–Crippen MR) is 133 cm³/mol. The fourth-order valence-corrected chi connectivity index (χ4v) is 5.86. The average Bonchev–Trinajstić information content (AvgIpc) is 3.48. The van der Waals surface area contributed by atoms with Gasteiger partial charge in [-0.15, -0.1) is 0 Å². The quantitative estimate of drug-likeness (QED) is 0.565. The van der Waals surface area contributed by atoms with Crippen molar-refractivity contribution in [1.82, 2.24) is 15.2 Å². The second kappa shape index (κ2) is 10.2. The van der Waals surface area contributed by atoms with Gasteiger partial charge in [0, 0.05) is 38.7 Å². The number of ether oxygens (including phenoxy) is 2. The molecule has 1 saturated heterocycles. The van der Waals surface area contributed by atoms with Crippen molar-refractivity contribution in [2.24, 2.45) is 5.92 Å². The Bertz CT molecular complexity index is 1150. The van der Waals surface area contributed by atoms with E-state index in [1.807, 2.05) is 6.07 Å². The number of hydrogen-bond acceptors (Lipinski definition) is 6. The summed E-state index contributed by atoms with van der Waals surface area (Å²) in [5.41, 5.74) is 1.34. The smallest absolute Gasteiger partial charge is 0.388 e. The standard InChI is InChI=1S/C28H34F3N3O4/c1-18(2)24-23-21(16-34(24)15-19-3-5-22(6-4-19)28(29,30)31)13-20(14-32-23)25(35)33-17-26(36)7-9-27(10-8-26)37-11-12-38-27/h3-6,13-14,18,24,36H,7-12,15-17H2,1-2H3,(H,33,35). The topological polar surface area (TPSA) is 83.9 Å². The Hall–Kier alpha value is -2.53. The maximum absolute atomic E-state index is 13.0.